The molecule has 0 amide bonds. The Morgan fingerprint density at radius 1 is 1.73 bits per heavy atom. The predicted molar refractivity (Wildman–Crippen MR) is 46.0 cm³/mol. The number of carboxylic acid groups (broad SMARTS) is 1. The van der Waals surface area contributed by atoms with Gasteiger partial charge in [0.05, 0.1) is 5.75 Å². The Kier molecular flexibility index (Phi) is 3.72. The molecule has 64 valence electrons. The second-order valence-corrected chi connectivity index (χ2v) is 3.96. The van der Waals surface area contributed by atoms with Crippen molar-refractivity contribution in [3.05, 3.63) is 0 Å². The van der Waals surface area contributed by atoms with E-state index in [1.54, 1.807) is 11.8 Å². The van der Waals surface area contributed by atoms with Gasteiger partial charge in [-0.1, -0.05) is 0 Å². The van der Waals surface area contributed by atoms with Crippen LogP contribution in [0.1, 0.15) is 12.8 Å². The number of carbonyl (C=O) groups is 1. The Hall–Kier alpha value is -0.220. The van der Waals surface area contributed by atoms with E-state index in [-0.39, 0.29) is 5.75 Å². The van der Waals surface area contributed by atoms with Gasteiger partial charge in [-0.2, -0.15) is 0 Å². The van der Waals surface area contributed by atoms with E-state index in [2.05, 4.69) is 5.32 Å². The summed E-state index contributed by atoms with van der Waals surface area (Å²) in [7, 11) is 0. The highest BCUT2D eigenvalue weighted by Gasteiger charge is 2.13. The van der Waals surface area contributed by atoms with Gasteiger partial charge in [-0.25, -0.2) is 0 Å². The van der Waals surface area contributed by atoms with Crippen LogP contribution in [0.3, 0.4) is 0 Å². The third kappa shape index (κ3) is 3.62. The number of piperidine rings is 1. The topological polar surface area (TPSA) is 49.3 Å². The first-order chi connectivity index (χ1) is 5.29. The maximum Gasteiger partial charge on any atom is 0.313 e. The minimum absolute atomic E-state index is 0.242. The first kappa shape index (κ1) is 8.87. The van der Waals surface area contributed by atoms with Crippen molar-refractivity contribution in [3.63, 3.8) is 0 Å². The number of nitrogens with one attached hydrogen (secondary N) is 1. The fourth-order valence-electron chi connectivity index (χ4n) is 1.15. The highest BCUT2D eigenvalue weighted by Crippen LogP contribution is 2.17. The van der Waals surface area contributed by atoms with Crippen LogP contribution in [0, 0.1) is 0 Å². The SMILES string of the molecule is O=C(O)CSC1CCCNC1. The van der Waals surface area contributed by atoms with E-state index in [1.165, 1.54) is 6.42 Å². The summed E-state index contributed by atoms with van der Waals surface area (Å²) < 4.78 is 0. The van der Waals surface area contributed by atoms with Crippen molar-refractivity contribution in [3.8, 4) is 0 Å². The van der Waals surface area contributed by atoms with Gasteiger partial charge < -0.3 is 10.4 Å². The van der Waals surface area contributed by atoms with Gasteiger partial charge in [0.2, 0.25) is 0 Å². The second-order valence-electron chi connectivity index (χ2n) is 2.67. The van der Waals surface area contributed by atoms with Crippen molar-refractivity contribution in [2.24, 2.45) is 0 Å². The smallest absolute Gasteiger partial charge is 0.313 e. The minimum atomic E-state index is -0.708. The number of hydrogen-bond donors (Lipinski definition) is 2. The van der Waals surface area contributed by atoms with Crippen LogP contribution in [0.5, 0.6) is 0 Å². The average molecular weight is 175 g/mol. The number of hydrogen-bond acceptors (Lipinski definition) is 3. The zero-order chi connectivity index (χ0) is 8.10. The molecule has 0 aromatic rings. The summed E-state index contributed by atoms with van der Waals surface area (Å²) in [5.74, 6) is -0.465. The fourth-order valence-corrected chi connectivity index (χ4v) is 2.10. The van der Waals surface area contributed by atoms with E-state index in [4.69, 9.17) is 5.11 Å². The third-order valence-electron chi connectivity index (χ3n) is 1.69. The maximum absolute atomic E-state index is 10.2. The fraction of sp³-hybridized carbons (Fsp3) is 0.857. The van der Waals surface area contributed by atoms with E-state index in [1.807, 2.05) is 0 Å². The Morgan fingerprint density at radius 3 is 3.09 bits per heavy atom. The predicted octanol–water partition coefficient (Wildman–Crippen LogP) is 0.556. The van der Waals surface area contributed by atoms with Crippen LogP contribution in [0.4, 0.5) is 0 Å². The molecule has 11 heavy (non-hydrogen) atoms. The van der Waals surface area contributed by atoms with E-state index in [0.717, 1.165) is 19.5 Å². The van der Waals surface area contributed by atoms with Gasteiger partial charge in [0.15, 0.2) is 0 Å². The molecule has 1 fully saturated rings. The molecule has 0 spiro atoms. The summed E-state index contributed by atoms with van der Waals surface area (Å²) in [6.45, 7) is 2.06. The summed E-state index contributed by atoms with van der Waals surface area (Å²) >= 11 is 1.54. The Labute approximate surface area is 70.6 Å². The molecule has 1 aliphatic heterocycles. The summed E-state index contributed by atoms with van der Waals surface area (Å²) in [4.78, 5) is 10.2. The van der Waals surface area contributed by atoms with E-state index in [0.29, 0.717) is 5.25 Å². The zero-order valence-electron chi connectivity index (χ0n) is 6.38. The molecule has 1 rings (SSSR count). The molecule has 1 saturated heterocycles. The monoisotopic (exact) mass is 175 g/mol. The molecule has 1 heterocycles. The van der Waals surface area contributed by atoms with Crippen LogP contribution >= 0.6 is 11.8 Å². The molecule has 2 N–H and O–H groups in total. The standard InChI is InChI=1S/C7H13NO2S/c9-7(10)5-11-6-2-1-3-8-4-6/h6,8H,1-5H2,(H,9,10). The molecule has 0 radical (unpaired) electrons. The van der Waals surface area contributed by atoms with Crippen LogP contribution in [-0.4, -0.2) is 35.2 Å². The average Bonchev–Trinajstić information content (AvgIpc) is 2.03. The van der Waals surface area contributed by atoms with Gasteiger partial charge in [-0.15, -0.1) is 11.8 Å². The van der Waals surface area contributed by atoms with Gasteiger partial charge in [-0.05, 0) is 19.4 Å². The molecule has 0 saturated carbocycles. The first-order valence-corrected chi connectivity index (χ1v) is 4.88. The molecule has 3 nitrogen and oxygen atoms in total. The highest BCUT2D eigenvalue weighted by atomic mass is 32.2. The molecular weight excluding hydrogens is 162 g/mol. The van der Waals surface area contributed by atoms with Crippen LogP contribution in [-0.2, 0) is 4.79 Å². The van der Waals surface area contributed by atoms with E-state index < -0.39 is 5.97 Å². The van der Waals surface area contributed by atoms with E-state index >= 15 is 0 Å². The largest absolute Gasteiger partial charge is 0.481 e. The molecule has 0 aliphatic carbocycles. The summed E-state index contributed by atoms with van der Waals surface area (Å²) in [5.41, 5.74) is 0. The molecule has 0 aromatic heterocycles. The van der Waals surface area contributed by atoms with Crippen molar-refractivity contribution < 1.29 is 9.90 Å². The maximum atomic E-state index is 10.2. The van der Waals surface area contributed by atoms with Crippen LogP contribution in [0.15, 0.2) is 0 Å². The number of thioether (sulfide) groups is 1. The molecule has 1 aliphatic rings. The summed E-state index contributed by atoms with van der Waals surface area (Å²) in [6.07, 6.45) is 2.34. The highest BCUT2D eigenvalue weighted by molar-refractivity contribution is 8.00. The molecule has 1 atom stereocenters. The van der Waals surface area contributed by atoms with Crippen molar-refractivity contribution in [2.45, 2.75) is 18.1 Å². The van der Waals surface area contributed by atoms with Gasteiger partial charge in [0.25, 0.3) is 0 Å². The van der Waals surface area contributed by atoms with Crippen LogP contribution < -0.4 is 5.32 Å². The summed E-state index contributed by atoms with van der Waals surface area (Å²) in [5, 5.41) is 12.2. The summed E-state index contributed by atoms with van der Waals surface area (Å²) in [6, 6.07) is 0. The van der Waals surface area contributed by atoms with Crippen molar-refractivity contribution in [1.29, 1.82) is 0 Å². The Bertz CT molecular complexity index is 134. The van der Waals surface area contributed by atoms with Crippen LogP contribution in [0.2, 0.25) is 0 Å². The minimum Gasteiger partial charge on any atom is -0.481 e. The molecule has 0 aromatic carbocycles. The lowest BCUT2D eigenvalue weighted by molar-refractivity contribution is -0.133. The Balaban J connectivity index is 2.09. The van der Waals surface area contributed by atoms with Crippen molar-refractivity contribution >= 4 is 17.7 Å². The van der Waals surface area contributed by atoms with Crippen molar-refractivity contribution in [2.75, 3.05) is 18.8 Å². The lowest BCUT2D eigenvalue weighted by Gasteiger charge is -2.21. The quantitative estimate of drug-likeness (QED) is 0.658. The molecule has 1 unspecified atom stereocenters. The Morgan fingerprint density at radius 2 is 2.55 bits per heavy atom. The normalized spacial score (nSPS) is 24.9. The number of rotatable bonds is 3. The van der Waals surface area contributed by atoms with Crippen molar-refractivity contribution in [1.82, 2.24) is 5.32 Å². The van der Waals surface area contributed by atoms with E-state index in [9.17, 15) is 4.79 Å². The van der Waals surface area contributed by atoms with Gasteiger partial charge in [0.1, 0.15) is 0 Å². The lowest BCUT2D eigenvalue weighted by atomic mass is 10.2. The lowest BCUT2D eigenvalue weighted by Crippen LogP contribution is -2.32. The van der Waals surface area contributed by atoms with Gasteiger partial charge in [-0.3, -0.25) is 4.79 Å². The van der Waals surface area contributed by atoms with Crippen LogP contribution in [0.25, 0.3) is 0 Å². The first-order valence-electron chi connectivity index (χ1n) is 3.83. The molecule has 4 heteroatoms. The van der Waals surface area contributed by atoms with Gasteiger partial charge in [0, 0.05) is 11.8 Å². The molecule has 0 bridgehead atoms. The molecular formula is C7H13NO2S. The van der Waals surface area contributed by atoms with Gasteiger partial charge >= 0.3 is 5.97 Å². The number of carboxylic acids is 1. The number of aliphatic carboxylic acids is 1. The third-order valence-corrected chi connectivity index (χ3v) is 2.98. The second kappa shape index (κ2) is 4.62. The zero-order valence-corrected chi connectivity index (χ0v) is 7.19.